The smallest absolute Gasteiger partial charge is 0.303 e. The maximum Gasteiger partial charge on any atom is 0.303 e. The molecule has 0 bridgehead atoms. The van der Waals surface area contributed by atoms with Gasteiger partial charge in [0.15, 0.2) is 0 Å². The average Bonchev–Trinajstić information content (AvgIpc) is 2.63. The van der Waals surface area contributed by atoms with Gasteiger partial charge in [-0.2, -0.15) is 0 Å². The van der Waals surface area contributed by atoms with Gasteiger partial charge in [0, 0.05) is 25.9 Å². The van der Waals surface area contributed by atoms with Crippen LogP contribution in [0.4, 0.5) is 0 Å². The summed E-state index contributed by atoms with van der Waals surface area (Å²) >= 11 is 0. The Morgan fingerprint density at radius 2 is 1.81 bits per heavy atom. The zero-order chi connectivity index (χ0) is 18.9. The first-order valence-corrected chi connectivity index (χ1v) is 8.72. The molecule has 0 saturated heterocycles. The molecule has 2 aromatic carbocycles. The number of carbonyl (C=O) groups excluding carboxylic acids is 1. The van der Waals surface area contributed by atoms with Crippen molar-refractivity contribution in [1.82, 2.24) is 4.90 Å². The van der Waals surface area contributed by atoms with E-state index in [0.717, 1.165) is 22.9 Å². The minimum absolute atomic E-state index is 0.0940. The van der Waals surface area contributed by atoms with Gasteiger partial charge < -0.3 is 14.7 Å². The number of carbonyl (C=O) groups is 2. The number of fused-ring (bicyclic) bond motifs is 1. The van der Waals surface area contributed by atoms with Crippen molar-refractivity contribution in [3.63, 3.8) is 0 Å². The summed E-state index contributed by atoms with van der Waals surface area (Å²) in [6.45, 7) is 0.184. The summed E-state index contributed by atoms with van der Waals surface area (Å²) in [5, 5.41) is 10.8. The lowest BCUT2D eigenvalue weighted by Crippen LogP contribution is -2.26. The second kappa shape index (κ2) is 9.61. The monoisotopic (exact) mass is 355 g/mol. The Bertz CT molecular complexity index is 790. The van der Waals surface area contributed by atoms with Gasteiger partial charge >= 0.3 is 5.97 Å². The SMILES string of the molecule is CN(C)C(=O)/C(=C/CCCCC(=O)O)COc1cccc2ccccc12. The Morgan fingerprint density at radius 1 is 1.08 bits per heavy atom. The number of ether oxygens (including phenoxy) is 1. The van der Waals surface area contributed by atoms with Gasteiger partial charge in [-0.3, -0.25) is 9.59 Å². The number of aliphatic carboxylic acids is 1. The number of hydrogen-bond donors (Lipinski definition) is 1. The molecule has 5 nitrogen and oxygen atoms in total. The zero-order valence-electron chi connectivity index (χ0n) is 15.3. The zero-order valence-corrected chi connectivity index (χ0v) is 15.3. The van der Waals surface area contributed by atoms with Crippen LogP contribution >= 0.6 is 0 Å². The summed E-state index contributed by atoms with van der Waals surface area (Å²) in [6.07, 6.45) is 3.98. The maximum atomic E-state index is 12.4. The minimum Gasteiger partial charge on any atom is -0.488 e. The van der Waals surface area contributed by atoms with Gasteiger partial charge in [0.05, 0.1) is 5.57 Å². The highest BCUT2D eigenvalue weighted by Crippen LogP contribution is 2.25. The predicted octanol–water partition coefficient (Wildman–Crippen LogP) is 3.88. The quantitative estimate of drug-likeness (QED) is 0.548. The molecule has 0 unspecified atom stereocenters. The van der Waals surface area contributed by atoms with E-state index >= 15 is 0 Å². The number of likely N-dealkylation sites (N-methyl/N-ethyl adjacent to an activating group) is 1. The Labute approximate surface area is 153 Å². The first kappa shape index (κ1) is 19.5. The number of amides is 1. The van der Waals surface area contributed by atoms with E-state index in [1.54, 1.807) is 14.1 Å². The van der Waals surface area contributed by atoms with Crippen molar-refractivity contribution >= 4 is 22.6 Å². The molecular weight excluding hydrogens is 330 g/mol. The van der Waals surface area contributed by atoms with Crippen LogP contribution < -0.4 is 4.74 Å². The molecule has 0 heterocycles. The summed E-state index contributed by atoms with van der Waals surface area (Å²) in [5.74, 6) is -0.146. The van der Waals surface area contributed by atoms with E-state index in [-0.39, 0.29) is 18.9 Å². The summed E-state index contributed by atoms with van der Waals surface area (Å²) in [6, 6.07) is 13.8. The van der Waals surface area contributed by atoms with Crippen LogP contribution in [0.3, 0.4) is 0 Å². The van der Waals surface area contributed by atoms with Gasteiger partial charge in [0.2, 0.25) is 0 Å². The van der Waals surface area contributed by atoms with Gasteiger partial charge in [0.1, 0.15) is 12.4 Å². The molecule has 0 atom stereocenters. The van der Waals surface area contributed by atoms with Crippen LogP contribution in [-0.2, 0) is 9.59 Å². The van der Waals surface area contributed by atoms with Crippen LogP contribution in [0.25, 0.3) is 10.8 Å². The molecule has 138 valence electrons. The van der Waals surface area contributed by atoms with Crippen LogP contribution in [0, 0.1) is 0 Å². The molecule has 2 rings (SSSR count). The lowest BCUT2D eigenvalue weighted by molar-refractivity contribution is -0.137. The van der Waals surface area contributed by atoms with Gasteiger partial charge in [-0.1, -0.05) is 42.5 Å². The summed E-state index contributed by atoms with van der Waals surface area (Å²) in [5.41, 5.74) is 0.582. The van der Waals surface area contributed by atoms with E-state index in [1.807, 2.05) is 48.5 Å². The van der Waals surface area contributed by atoms with Crippen molar-refractivity contribution in [3.05, 3.63) is 54.1 Å². The molecule has 0 saturated carbocycles. The standard InChI is InChI=1S/C21H25NO4/c1-22(2)21(25)17(10-4-3-5-14-20(23)24)15-26-19-13-8-11-16-9-6-7-12-18(16)19/h6-13H,3-5,14-15H2,1-2H3,(H,23,24)/b17-10+. The van der Waals surface area contributed by atoms with Crippen LogP contribution in [0.15, 0.2) is 54.1 Å². The molecule has 0 aliphatic heterocycles. The van der Waals surface area contributed by atoms with E-state index in [9.17, 15) is 9.59 Å². The van der Waals surface area contributed by atoms with Crippen molar-refractivity contribution in [2.45, 2.75) is 25.7 Å². The van der Waals surface area contributed by atoms with Crippen molar-refractivity contribution < 1.29 is 19.4 Å². The van der Waals surface area contributed by atoms with Gasteiger partial charge in [-0.15, -0.1) is 0 Å². The molecular formula is C21H25NO4. The molecule has 0 aliphatic carbocycles. The molecule has 26 heavy (non-hydrogen) atoms. The topological polar surface area (TPSA) is 66.8 Å². The Balaban J connectivity index is 2.06. The molecule has 0 fully saturated rings. The number of unbranched alkanes of at least 4 members (excludes halogenated alkanes) is 2. The lowest BCUT2D eigenvalue weighted by atomic mass is 10.1. The third-order valence-corrected chi connectivity index (χ3v) is 4.05. The molecule has 0 aliphatic rings. The van der Waals surface area contributed by atoms with Gasteiger partial charge in [0.25, 0.3) is 5.91 Å². The van der Waals surface area contributed by atoms with Crippen molar-refractivity contribution in [2.75, 3.05) is 20.7 Å². The van der Waals surface area contributed by atoms with E-state index in [2.05, 4.69) is 0 Å². The van der Waals surface area contributed by atoms with E-state index in [0.29, 0.717) is 18.4 Å². The number of nitrogens with zero attached hydrogens (tertiary/aromatic N) is 1. The van der Waals surface area contributed by atoms with Crippen LogP contribution in [0.2, 0.25) is 0 Å². The fraction of sp³-hybridized carbons (Fsp3) is 0.333. The van der Waals surface area contributed by atoms with Crippen LogP contribution in [0.5, 0.6) is 5.75 Å². The van der Waals surface area contributed by atoms with E-state index in [1.165, 1.54) is 4.90 Å². The molecule has 0 aromatic heterocycles. The second-order valence-electron chi connectivity index (χ2n) is 6.33. The van der Waals surface area contributed by atoms with Gasteiger partial charge in [-0.25, -0.2) is 0 Å². The molecule has 5 heteroatoms. The highest BCUT2D eigenvalue weighted by atomic mass is 16.5. The summed E-state index contributed by atoms with van der Waals surface area (Å²) in [7, 11) is 3.41. The number of allylic oxidation sites excluding steroid dienone is 1. The second-order valence-corrected chi connectivity index (χ2v) is 6.33. The normalized spacial score (nSPS) is 11.4. The number of carboxylic acids is 1. The molecule has 2 aromatic rings. The molecule has 0 radical (unpaired) electrons. The Kier molecular flexibility index (Phi) is 7.21. The van der Waals surface area contributed by atoms with Crippen molar-refractivity contribution in [3.8, 4) is 5.75 Å². The van der Waals surface area contributed by atoms with Crippen LogP contribution in [0.1, 0.15) is 25.7 Å². The number of rotatable bonds is 9. The fourth-order valence-corrected chi connectivity index (χ4v) is 2.67. The van der Waals surface area contributed by atoms with Crippen LogP contribution in [-0.4, -0.2) is 42.6 Å². The maximum absolute atomic E-state index is 12.4. The largest absolute Gasteiger partial charge is 0.488 e. The lowest BCUT2D eigenvalue weighted by Gasteiger charge is -2.15. The third kappa shape index (κ3) is 5.62. The van der Waals surface area contributed by atoms with Gasteiger partial charge in [-0.05, 0) is 30.7 Å². The minimum atomic E-state index is -0.794. The number of carboxylic acid groups (broad SMARTS) is 1. The Morgan fingerprint density at radius 3 is 2.54 bits per heavy atom. The average molecular weight is 355 g/mol. The number of benzene rings is 2. The molecule has 0 spiro atoms. The predicted molar refractivity (Wildman–Crippen MR) is 102 cm³/mol. The highest BCUT2D eigenvalue weighted by Gasteiger charge is 2.13. The van der Waals surface area contributed by atoms with Crippen molar-refractivity contribution in [1.29, 1.82) is 0 Å². The third-order valence-electron chi connectivity index (χ3n) is 4.05. The van der Waals surface area contributed by atoms with Crippen molar-refractivity contribution in [2.24, 2.45) is 0 Å². The summed E-state index contributed by atoms with van der Waals surface area (Å²) < 4.78 is 5.94. The van der Waals surface area contributed by atoms with E-state index in [4.69, 9.17) is 9.84 Å². The number of hydrogen-bond acceptors (Lipinski definition) is 3. The Hall–Kier alpha value is -2.82. The first-order chi connectivity index (χ1) is 12.5. The first-order valence-electron chi connectivity index (χ1n) is 8.72. The highest BCUT2D eigenvalue weighted by molar-refractivity contribution is 5.93. The summed E-state index contributed by atoms with van der Waals surface area (Å²) in [4.78, 5) is 24.5. The molecule has 1 amide bonds. The molecule has 1 N–H and O–H groups in total. The van der Waals surface area contributed by atoms with E-state index < -0.39 is 5.97 Å². The fourth-order valence-electron chi connectivity index (χ4n) is 2.67.